The Balaban J connectivity index is 1.77. The van der Waals surface area contributed by atoms with E-state index in [1.54, 1.807) is 24.3 Å². The highest BCUT2D eigenvalue weighted by Gasteiger charge is 2.31. The topological polar surface area (TPSA) is 55.4 Å². The quantitative estimate of drug-likeness (QED) is 0.823. The Kier molecular flexibility index (Phi) is 5.12. The Labute approximate surface area is 154 Å². The van der Waals surface area contributed by atoms with Crippen molar-refractivity contribution in [2.24, 2.45) is 0 Å². The first-order valence-corrected chi connectivity index (χ1v) is 9.01. The zero-order valence-corrected chi connectivity index (χ0v) is 15.5. The zero-order chi connectivity index (χ0) is 18.7. The molecule has 1 aliphatic carbocycles. The molecule has 2 aromatic carbocycles. The summed E-state index contributed by atoms with van der Waals surface area (Å²) in [6.07, 6.45) is 1.02. The molecular weight excluding hydrogens is 326 g/mol. The fraction of sp³-hybridized carbons (Fsp3) is 0.364. The number of hydrogen-bond acceptors (Lipinski definition) is 3. The van der Waals surface area contributed by atoms with Crippen LogP contribution in [-0.4, -0.2) is 17.9 Å². The first-order valence-electron chi connectivity index (χ1n) is 9.01. The molecule has 4 nitrogen and oxygen atoms in total. The third-order valence-electron chi connectivity index (χ3n) is 4.48. The highest BCUT2D eigenvalue weighted by molar-refractivity contribution is 5.92. The third-order valence-corrected chi connectivity index (χ3v) is 4.48. The molecule has 0 bridgehead atoms. The number of carbonyl (C=O) groups is 2. The van der Waals surface area contributed by atoms with E-state index in [9.17, 15) is 9.59 Å². The zero-order valence-electron chi connectivity index (χ0n) is 15.5. The number of amides is 1. The van der Waals surface area contributed by atoms with Crippen molar-refractivity contribution in [2.75, 3.05) is 0 Å². The van der Waals surface area contributed by atoms with Crippen molar-refractivity contribution in [3.63, 3.8) is 0 Å². The Morgan fingerprint density at radius 2 is 1.62 bits per heavy atom. The minimum atomic E-state index is -0.938. The lowest BCUT2D eigenvalue weighted by atomic mass is 9.87. The summed E-state index contributed by atoms with van der Waals surface area (Å²) >= 11 is 0. The lowest BCUT2D eigenvalue weighted by molar-refractivity contribution is -0.130. The second kappa shape index (κ2) is 7.32. The van der Waals surface area contributed by atoms with Gasteiger partial charge in [-0.15, -0.1) is 0 Å². The van der Waals surface area contributed by atoms with Gasteiger partial charge in [0.2, 0.25) is 6.10 Å². The molecule has 2 aromatic rings. The molecule has 0 aromatic heterocycles. The molecule has 0 heterocycles. The van der Waals surface area contributed by atoms with Crippen molar-refractivity contribution in [2.45, 2.75) is 51.2 Å². The third kappa shape index (κ3) is 4.51. The molecule has 1 N–H and O–H groups in total. The molecule has 0 radical (unpaired) electrons. The van der Waals surface area contributed by atoms with E-state index in [-0.39, 0.29) is 17.4 Å². The van der Waals surface area contributed by atoms with Gasteiger partial charge in [0.1, 0.15) is 0 Å². The van der Waals surface area contributed by atoms with Crippen molar-refractivity contribution >= 4 is 11.9 Å². The molecule has 26 heavy (non-hydrogen) atoms. The van der Waals surface area contributed by atoms with Crippen LogP contribution in [0.1, 0.15) is 61.2 Å². The Bertz CT molecular complexity index is 771. The largest absolute Gasteiger partial charge is 0.444 e. The molecule has 0 unspecified atom stereocenters. The molecule has 1 fully saturated rings. The van der Waals surface area contributed by atoms with Gasteiger partial charge in [0, 0.05) is 11.6 Å². The van der Waals surface area contributed by atoms with Crippen LogP contribution in [-0.2, 0) is 14.9 Å². The van der Waals surface area contributed by atoms with E-state index in [0.29, 0.717) is 11.1 Å². The van der Waals surface area contributed by atoms with Gasteiger partial charge in [-0.2, -0.15) is 0 Å². The van der Waals surface area contributed by atoms with E-state index in [1.807, 2.05) is 30.3 Å². The maximum Gasteiger partial charge on any atom is 0.339 e. The maximum atomic E-state index is 12.6. The van der Waals surface area contributed by atoms with Gasteiger partial charge in [-0.3, -0.25) is 4.79 Å². The van der Waals surface area contributed by atoms with Crippen molar-refractivity contribution in [1.82, 2.24) is 5.32 Å². The monoisotopic (exact) mass is 351 g/mol. The molecule has 136 valence electrons. The molecule has 4 heteroatoms. The molecule has 0 saturated heterocycles. The van der Waals surface area contributed by atoms with Crippen LogP contribution >= 0.6 is 0 Å². The van der Waals surface area contributed by atoms with Gasteiger partial charge >= 0.3 is 5.97 Å². The van der Waals surface area contributed by atoms with Crippen LogP contribution in [0.15, 0.2) is 54.6 Å². The number of esters is 1. The van der Waals surface area contributed by atoms with Gasteiger partial charge in [-0.25, -0.2) is 4.79 Å². The predicted octanol–water partition coefficient (Wildman–Crippen LogP) is 4.16. The Morgan fingerprint density at radius 3 is 2.15 bits per heavy atom. The van der Waals surface area contributed by atoms with E-state index < -0.39 is 12.1 Å². The van der Waals surface area contributed by atoms with Crippen LogP contribution in [0, 0.1) is 0 Å². The average Bonchev–Trinajstić information content (AvgIpc) is 3.43. The van der Waals surface area contributed by atoms with E-state index in [2.05, 4.69) is 26.1 Å². The summed E-state index contributed by atoms with van der Waals surface area (Å²) in [5, 5.41) is 2.92. The number of hydrogen-bond donors (Lipinski definition) is 1. The highest BCUT2D eigenvalue weighted by Crippen LogP contribution is 2.25. The molecule has 0 spiro atoms. The summed E-state index contributed by atoms with van der Waals surface area (Å²) in [4.78, 5) is 25.2. The minimum Gasteiger partial charge on any atom is -0.444 e. The van der Waals surface area contributed by atoms with Crippen LogP contribution in [0.25, 0.3) is 0 Å². The summed E-state index contributed by atoms with van der Waals surface area (Å²) < 4.78 is 5.59. The van der Waals surface area contributed by atoms with E-state index >= 15 is 0 Å². The lowest BCUT2D eigenvalue weighted by Gasteiger charge is -2.20. The smallest absolute Gasteiger partial charge is 0.339 e. The fourth-order valence-electron chi connectivity index (χ4n) is 2.69. The van der Waals surface area contributed by atoms with Crippen molar-refractivity contribution < 1.29 is 14.3 Å². The molecule has 1 saturated carbocycles. The SMILES string of the molecule is CC(C)(C)c1ccc(C(=O)O[C@H](C(=O)NC2CC2)c2ccccc2)cc1. The lowest BCUT2D eigenvalue weighted by Crippen LogP contribution is -2.33. The average molecular weight is 351 g/mol. The van der Waals surface area contributed by atoms with Crippen LogP contribution < -0.4 is 5.32 Å². The summed E-state index contributed by atoms with van der Waals surface area (Å²) in [6.45, 7) is 6.36. The number of carbonyl (C=O) groups excluding carboxylic acids is 2. The maximum absolute atomic E-state index is 12.6. The van der Waals surface area contributed by atoms with E-state index in [4.69, 9.17) is 4.74 Å². The molecule has 1 atom stereocenters. The Morgan fingerprint density at radius 1 is 1.00 bits per heavy atom. The second-order valence-electron chi connectivity index (χ2n) is 7.81. The Hall–Kier alpha value is -2.62. The summed E-state index contributed by atoms with van der Waals surface area (Å²) in [6, 6.07) is 16.7. The van der Waals surface area contributed by atoms with Gasteiger partial charge in [-0.05, 0) is 36.0 Å². The molecule has 3 rings (SSSR count). The standard InChI is InChI=1S/C22H25NO3/c1-22(2,3)17-11-9-16(10-12-17)21(25)26-19(15-7-5-4-6-8-15)20(24)23-18-13-14-18/h4-12,18-19H,13-14H2,1-3H3,(H,23,24)/t19-/m0/s1. The number of ether oxygens (including phenoxy) is 1. The number of rotatable bonds is 5. The summed E-state index contributed by atoms with van der Waals surface area (Å²) in [5.41, 5.74) is 2.27. The van der Waals surface area contributed by atoms with Gasteiger partial charge in [0.05, 0.1) is 5.56 Å². The first kappa shape index (κ1) is 18.2. The second-order valence-corrected chi connectivity index (χ2v) is 7.81. The van der Waals surface area contributed by atoms with Crippen LogP contribution in [0.5, 0.6) is 0 Å². The molecule has 1 aliphatic rings. The van der Waals surface area contributed by atoms with Crippen molar-refractivity contribution in [3.8, 4) is 0 Å². The fourth-order valence-corrected chi connectivity index (χ4v) is 2.69. The number of nitrogens with one attached hydrogen (secondary N) is 1. The van der Waals surface area contributed by atoms with E-state index in [1.165, 1.54) is 0 Å². The summed E-state index contributed by atoms with van der Waals surface area (Å²) in [5.74, 6) is -0.761. The normalized spacial score (nSPS) is 15.2. The van der Waals surface area contributed by atoms with Crippen LogP contribution in [0.4, 0.5) is 0 Å². The van der Waals surface area contributed by atoms with E-state index in [0.717, 1.165) is 18.4 Å². The minimum absolute atomic E-state index is 0.0131. The van der Waals surface area contributed by atoms with Gasteiger partial charge in [0.25, 0.3) is 5.91 Å². The van der Waals surface area contributed by atoms with Gasteiger partial charge < -0.3 is 10.1 Å². The first-order chi connectivity index (χ1) is 12.3. The number of benzene rings is 2. The van der Waals surface area contributed by atoms with Gasteiger partial charge in [-0.1, -0.05) is 63.2 Å². The van der Waals surface area contributed by atoms with Gasteiger partial charge in [0.15, 0.2) is 0 Å². The molecule has 0 aliphatic heterocycles. The van der Waals surface area contributed by atoms with Crippen LogP contribution in [0.3, 0.4) is 0 Å². The van der Waals surface area contributed by atoms with Crippen molar-refractivity contribution in [1.29, 1.82) is 0 Å². The van der Waals surface area contributed by atoms with Crippen LogP contribution in [0.2, 0.25) is 0 Å². The molecular formula is C22H25NO3. The summed E-state index contributed by atoms with van der Waals surface area (Å²) in [7, 11) is 0. The molecule has 1 amide bonds. The highest BCUT2D eigenvalue weighted by atomic mass is 16.5. The van der Waals surface area contributed by atoms with Crippen molar-refractivity contribution in [3.05, 3.63) is 71.3 Å². The predicted molar refractivity (Wildman–Crippen MR) is 101 cm³/mol.